The van der Waals surface area contributed by atoms with Crippen LogP contribution < -0.4 is 5.32 Å². The molecule has 5 nitrogen and oxygen atoms in total. The monoisotopic (exact) mass is 342 g/mol. The molecule has 0 radical (unpaired) electrons. The maximum absolute atomic E-state index is 12.6. The molecule has 1 amide bonds. The van der Waals surface area contributed by atoms with E-state index in [0.29, 0.717) is 22.3 Å². The molecule has 1 N–H and O–H groups in total. The molecule has 124 valence electrons. The van der Waals surface area contributed by atoms with Crippen molar-refractivity contribution in [1.29, 1.82) is 0 Å². The van der Waals surface area contributed by atoms with Crippen molar-refractivity contribution >= 4 is 34.2 Å². The van der Waals surface area contributed by atoms with Crippen LogP contribution in [0.4, 0.5) is 5.82 Å². The molecule has 3 rings (SSSR count). The van der Waals surface area contributed by atoms with Gasteiger partial charge in [0, 0.05) is 24.7 Å². The molecule has 3 aromatic rings. The Hall–Kier alpha value is -2.40. The third-order valence-electron chi connectivity index (χ3n) is 3.73. The van der Waals surface area contributed by atoms with Crippen molar-refractivity contribution < 1.29 is 4.79 Å². The van der Waals surface area contributed by atoms with Gasteiger partial charge in [-0.15, -0.1) is 0 Å². The standard InChI is InChI=1S/C18H19ClN4O/c1-11(2)7-13-9-17(23(3)22-13)21-18(24)14-10-16-12(8-15(14)19)5-4-6-20-16/h4-6,8-11H,7H2,1-3H3,(H,21,24). The van der Waals surface area contributed by atoms with Crippen molar-refractivity contribution in [2.75, 3.05) is 5.32 Å². The van der Waals surface area contributed by atoms with Crippen molar-refractivity contribution in [2.45, 2.75) is 20.3 Å². The SMILES string of the molecule is CC(C)Cc1cc(NC(=O)c2cc3ncccc3cc2Cl)n(C)n1. The van der Waals surface area contributed by atoms with Gasteiger partial charge in [-0.2, -0.15) is 5.10 Å². The Morgan fingerprint density at radius 2 is 2.12 bits per heavy atom. The van der Waals surface area contributed by atoms with E-state index < -0.39 is 0 Å². The first-order chi connectivity index (χ1) is 11.4. The van der Waals surface area contributed by atoms with Gasteiger partial charge in [-0.05, 0) is 30.5 Å². The Kier molecular flexibility index (Phi) is 4.53. The predicted molar refractivity (Wildman–Crippen MR) is 96.5 cm³/mol. The Morgan fingerprint density at radius 1 is 1.33 bits per heavy atom. The van der Waals surface area contributed by atoms with Gasteiger partial charge in [0.1, 0.15) is 5.82 Å². The largest absolute Gasteiger partial charge is 0.307 e. The number of amides is 1. The van der Waals surface area contributed by atoms with Gasteiger partial charge < -0.3 is 5.32 Å². The fourth-order valence-corrected chi connectivity index (χ4v) is 2.87. The van der Waals surface area contributed by atoms with Gasteiger partial charge in [0.15, 0.2) is 0 Å². The third kappa shape index (κ3) is 3.41. The third-order valence-corrected chi connectivity index (χ3v) is 4.04. The lowest BCUT2D eigenvalue weighted by molar-refractivity contribution is 0.102. The summed E-state index contributed by atoms with van der Waals surface area (Å²) in [6, 6.07) is 9.11. The van der Waals surface area contributed by atoms with Crippen LogP contribution >= 0.6 is 11.6 Å². The maximum Gasteiger partial charge on any atom is 0.258 e. The lowest BCUT2D eigenvalue weighted by Gasteiger charge is -2.08. The average Bonchev–Trinajstić information content (AvgIpc) is 2.85. The van der Waals surface area contributed by atoms with Gasteiger partial charge in [0.25, 0.3) is 5.91 Å². The summed E-state index contributed by atoms with van der Waals surface area (Å²) in [6.45, 7) is 4.27. The predicted octanol–water partition coefficient (Wildman–Crippen LogP) is 4.07. The number of carbonyl (C=O) groups excluding carboxylic acids is 1. The molecule has 2 heterocycles. The number of nitrogens with zero attached hydrogens (tertiary/aromatic N) is 3. The number of aryl methyl sites for hydroxylation is 1. The minimum atomic E-state index is -0.272. The summed E-state index contributed by atoms with van der Waals surface area (Å²) in [4.78, 5) is 16.9. The van der Waals surface area contributed by atoms with Crippen LogP contribution in [0.3, 0.4) is 0 Å². The second kappa shape index (κ2) is 6.61. The topological polar surface area (TPSA) is 59.8 Å². The molecular formula is C18H19ClN4O. The summed E-state index contributed by atoms with van der Waals surface area (Å²) in [5.74, 6) is 0.879. The van der Waals surface area contributed by atoms with Crippen molar-refractivity contribution in [3.63, 3.8) is 0 Å². The highest BCUT2D eigenvalue weighted by atomic mass is 35.5. The zero-order chi connectivity index (χ0) is 17.3. The van der Waals surface area contributed by atoms with Crippen LogP contribution in [0, 0.1) is 5.92 Å². The molecule has 0 atom stereocenters. The number of halogens is 1. The van der Waals surface area contributed by atoms with E-state index in [1.165, 1.54) is 0 Å². The Balaban J connectivity index is 1.87. The number of nitrogens with one attached hydrogen (secondary N) is 1. The fourth-order valence-electron chi connectivity index (χ4n) is 2.61. The normalized spacial score (nSPS) is 11.2. The van der Waals surface area contributed by atoms with Crippen LogP contribution in [-0.2, 0) is 13.5 Å². The van der Waals surface area contributed by atoms with Crippen LogP contribution in [0.2, 0.25) is 5.02 Å². The minimum Gasteiger partial charge on any atom is -0.307 e. The number of carbonyl (C=O) groups is 1. The molecular weight excluding hydrogens is 324 g/mol. The summed E-state index contributed by atoms with van der Waals surface area (Å²) in [7, 11) is 1.81. The first-order valence-electron chi connectivity index (χ1n) is 7.82. The minimum absolute atomic E-state index is 0.272. The van der Waals surface area contributed by atoms with Crippen molar-refractivity contribution in [3.8, 4) is 0 Å². The van der Waals surface area contributed by atoms with E-state index in [4.69, 9.17) is 11.6 Å². The molecule has 0 aliphatic rings. The first kappa shape index (κ1) is 16.5. The second-order valence-corrected chi connectivity index (χ2v) is 6.63. The molecule has 1 aromatic carbocycles. The summed E-state index contributed by atoms with van der Waals surface area (Å²) < 4.78 is 1.67. The summed E-state index contributed by atoms with van der Waals surface area (Å²) in [5, 5.41) is 8.60. The van der Waals surface area contributed by atoms with Crippen molar-refractivity contribution in [2.24, 2.45) is 13.0 Å². The van der Waals surface area contributed by atoms with Crippen LogP contribution in [0.15, 0.2) is 36.5 Å². The second-order valence-electron chi connectivity index (χ2n) is 6.22. The molecule has 6 heteroatoms. The Labute approximate surface area is 145 Å². The van der Waals surface area contributed by atoms with Crippen LogP contribution in [0.25, 0.3) is 10.9 Å². The van der Waals surface area contributed by atoms with E-state index >= 15 is 0 Å². The van der Waals surface area contributed by atoms with Crippen LogP contribution in [0.1, 0.15) is 29.9 Å². The highest BCUT2D eigenvalue weighted by molar-refractivity contribution is 6.35. The van der Waals surface area contributed by atoms with Gasteiger partial charge in [0.2, 0.25) is 0 Å². The van der Waals surface area contributed by atoms with E-state index in [-0.39, 0.29) is 5.91 Å². The van der Waals surface area contributed by atoms with Gasteiger partial charge in [-0.25, -0.2) is 0 Å². The zero-order valence-corrected chi connectivity index (χ0v) is 14.6. The smallest absolute Gasteiger partial charge is 0.258 e. The molecule has 0 fully saturated rings. The molecule has 0 aliphatic heterocycles. The number of fused-ring (bicyclic) bond motifs is 1. The zero-order valence-electron chi connectivity index (χ0n) is 13.9. The average molecular weight is 343 g/mol. The van der Waals surface area contributed by atoms with E-state index in [2.05, 4.69) is 29.2 Å². The van der Waals surface area contributed by atoms with Crippen molar-refractivity contribution in [3.05, 3.63) is 52.8 Å². The fraction of sp³-hybridized carbons (Fsp3) is 0.278. The number of aromatic nitrogens is 3. The van der Waals surface area contributed by atoms with E-state index in [1.54, 1.807) is 23.0 Å². The molecule has 2 aromatic heterocycles. The summed E-state index contributed by atoms with van der Waals surface area (Å²) in [6.07, 6.45) is 2.56. The van der Waals surface area contributed by atoms with E-state index in [1.807, 2.05) is 25.2 Å². The molecule has 0 unspecified atom stereocenters. The lowest BCUT2D eigenvalue weighted by atomic mass is 10.1. The number of hydrogen-bond acceptors (Lipinski definition) is 3. The maximum atomic E-state index is 12.6. The molecule has 0 bridgehead atoms. The van der Waals surface area contributed by atoms with Gasteiger partial charge in [0.05, 0.1) is 21.8 Å². The number of rotatable bonds is 4. The van der Waals surface area contributed by atoms with Gasteiger partial charge in [-0.1, -0.05) is 31.5 Å². The highest BCUT2D eigenvalue weighted by Crippen LogP contribution is 2.24. The van der Waals surface area contributed by atoms with Gasteiger partial charge in [-0.3, -0.25) is 14.5 Å². The molecule has 0 aliphatic carbocycles. The van der Waals surface area contributed by atoms with E-state index in [0.717, 1.165) is 23.0 Å². The van der Waals surface area contributed by atoms with E-state index in [9.17, 15) is 4.79 Å². The van der Waals surface area contributed by atoms with Crippen molar-refractivity contribution in [1.82, 2.24) is 14.8 Å². The molecule has 24 heavy (non-hydrogen) atoms. The first-order valence-corrected chi connectivity index (χ1v) is 8.20. The number of hydrogen-bond donors (Lipinski definition) is 1. The molecule has 0 spiro atoms. The quantitative estimate of drug-likeness (QED) is 0.777. The Bertz CT molecular complexity index is 901. The summed E-state index contributed by atoms with van der Waals surface area (Å²) in [5.41, 5.74) is 2.08. The van der Waals surface area contributed by atoms with Crippen LogP contribution in [0.5, 0.6) is 0 Å². The number of benzene rings is 1. The summed E-state index contributed by atoms with van der Waals surface area (Å²) >= 11 is 6.27. The lowest BCUT2D eigenvalue weighted by Crippen LogP contribution is -2.15. The number of pyridine rings is 1. The number of anilines is 1. The van der Waals surface area contributed by atoms with Crippen LogP contribution in [-0.4, -0.2) is 20.7 Å². The highest BCUT2D eigenvalue weighted by Gasteiger charge is 2.15. The molecule has 0 saturated carbocycles. The Morgan fingerprint density at radius 3 is 2.88 bits per heavy atom. The molecule has 0 saturated heterocycles. The van der Waals surface area contributed by atoms with Gasteiger partial charge >= 0.3 is 0 Å².